The van der Waals surface area contributed by atoms with E-state index in [0.717, 1.165) is 0 Å². The Morgan fingerprint density at radius 3 is 2.00 bits per heavy atom. The third-order valence-corrected chi connectivity index (χ3v) is 7.83. The lowest BCUT2D eigenvalue weighted by Gasteiger charge is -2.29. The number of benzene rings is 3. The second-order valence-electron chi connectivity index (χ2n) is 10.9. The molecule has 1 fully saturated rings. The second-order valence-corrected chi connectivity index (χ2v) is 10.9. The van der Waals surface area contributed by atoms with Gasteiger partial charge in [-0.1, -0.05) is 66.7 Å². The van der Waals surface area contributed by atoms with Crippen LogP contribution in [0.2, 0.25) is 0 Å². The zero-order valence-corrected chi connectivity index (χ0v) is 25.3. The fourth-order valence-corrected chi connectivity index (χ4v) is 6.13. The number of rotatable bonds is 8. The predicted molar refractivity (Wildman–Crippen MR) is 161 cm³/mol. The van der Waals surface area contributed by atoms with Crippen molar-refractivity contribution >= 4 is 29.5 Å². The summed E-state index contributed by atoms with van der Waals surface area (Å²) in [5, 5.41) is 14.7. The Labute approximate surface area is 263 Å². The number of esters is 3. The van der Waals surface area contributed by atoms with Gasteiger partial charge >= 0.3 is 29.4 Å². The van der Waals surface area contributed by atoms with Gasteiger partial charge in [0.25, 0.3) is 0 Å². The van der Waals surface area contributed by atoms with E-state index >= 15 is 0 Å². The minimum absolute atomic E-state index is 0.0941. The molecule has 0 spiro atoms. The zero-order chi connectivity index (χ0) is 32.5. The lowest BCUT2D eigenvalue weighted by molar-refractivity contribution is -0.744. The largest absolute Gasteiger partial charge is 0.848 e. The summed E-state index contributed by atoms with van der Waals surface area (Å²) in [6.07, 6.45) is -4.59. The number of hydrogen-bond acceptors (Lipinski definition) is 10. The van der Waals surface area contributed by atoms with Gasteiger partial charge in [-0.05, 0) is 29.8 Å². The molecular weight excluding hydrogens is 594 g/mol. The number of hydrogen-bond donors (Lipinski definition) is 0. The standard InChI is InChI=1S/C34H31N3O9/c1-20(38)43-19-26(44-21(2)39)29-30(45-22(3)40)28-33(46-29)36(25-17-11-6-12-18-25)34-35(24-15-9-5-10-16-24)31(41)27(32(42)37(28)34)23-13-7-4-8-14-23/h4-18,26,28-30,33H,19H2,1-3H3/t26-,28-,29-,30-,33+/m1/s1. The van der Waals surface area contributed by atoms with Gasteiger partial charge in [-0.3, -0.25) is 14.4 Å². The molecule has 1 saturated heterocycles. The van der Waals surface area contributed by atoms with Crippen molar-refractivity contribution in [2.45, 2.75) is 51.4 Å². The van der Waals surface area contributed by atoms with E-state index < -0.39 is 59.9 Å². The third kappa shape index (κ3) is 5.47. The van der Waals surface area contributed by atoms with E-state index in [1.807, 2.05) is 12.1 Å². The van der Waals surface area contributed by atoms with E-state index in [9.17, 15) is 24.3 Å². The molecule has 3 aromatic carbocycles. The highest BCUT2D eigenvalue weighted by molar-refractivity contribution is 5.70. The molecule has 4 aromatic rings. The van der Waals surface area contributed by atoms with Crippen LogP contribution in [0.1, 0.15) is 26.8 Å². The van der Waals surface area contributed by atoms with Crippen LogP contribution in [0.25, 0.3) is 16.8 Å². The summed E-state index contributed by atoms with van der Waals surface area (Å²) < 4.78 is 26.0. The van der Waals surface area contributed by atoms with E-state index in [1.165, 1.54) is 29.9 Å². The number of carbonyl (C=O) groups is 3. The molecule has 0 bridgehead atoms. The molecule has 0 saturated carbocycles. The van der Waals surface area contributed by atoms with Gasteiger partial charge in [0.2, 0.25) is 6.23 Å². The predicted octanol–water partition coefficient (Wildman–Crippen LogP) is 2.71. The summed E-state index contributed by atoms with van der Waals surface area (Å²) in [6, 6.07) is 25.4. The van der Waals surface area contributed by atoms with Crippen LogP contribution in [-0.4, -0.2) is 53.6 Å². The highest BCUT2D eigenvalue weighted by atomic mass is 16.6. The topological polar surface area (TPSA) is 140 Å². The number of nitrogens with zero attached hydrogens (tertiary/aromatic N) is 3. The van der Waals surface area contributed by atoms with Crippen LogP contribution in [0.3, 0.4) is 0 Å². The molecule has 1 aromatic heterocycles. The molecule has 3 heterocycles. The molecule has 236 valence electrons. The van der Waals surface area contributed by atoms with Crippen LogP contribution in [-0.2, 0) is 33.3 Å². The quantitative estimate of drug-likeness (QED) is 0.163. The maximum atomic E-state index is 14.7. The lowest BCUT2D eigenvalue weighted by Crippen LogP contribution is -2.53. The average Bonchev–Trinajstić information content (AvgIpc) is 3.55. The molecular formula is C34H31N3O9. The van der Waals surface area contributed by atoms with Gasteiger partial charge in [-0.2, -0.15) is 4.57 Å². The van der Waals surface area contributed by atoms with Crippen molar-refractivity contribution in [3.63, 3.8) is 0 Å². The normalized spacial score (nSPS) is 20.4. The van der Waals surface area contributed by atoms with E-state index in [4.69, 9.17) is 18.9 Å². The second kappa shape index (κ2) is 12.5. The average molecular weight is 626 g/mol. The van der Waals surface area contributed by atoms with Crippen molar-refractivity contribution in [2.24, 2.45) is 0 Å². The smallest absolute Gasteiger partial charge is 0.375 e. The van der Waals surface area contributed by atoms with Crippen molar-refractivity contribution in [3.8, 4) is 22.7 Å². The fraction of sp³-hybridized carbons (Fsp3) is 0.265. The summed E-state index contributed by atoms with van der Waals surface area (Å²) in [6.45, 7) is 3.23. The Balaban J connectivity index is 1.66. The van der Waals surface area contributed by atoms with Crippen molar-refractivity contribution in [1.82, 2.24) is 4.57 Å². The van der Waals surface area contributed by atoms with Crippen molar-refractivity contribution in [3.05, 3.63) is 101 Å². The lowest BCUT2D eigenvalue weighted by atomic mass is 10.0. The minimum atomic E-state index is -1.21. The Morgan fingerprint density at radius 2 is 1.43 bits per heavy atom. The molecule has 5 atom stereocenters. The Morgan fingerprint density at radius 1 is 0.848 bits per heavy atom. The Kier molecular flexibility index (Phi) is 8.29. The van der Waals surface area contributed by atoms with Crippen LogP contribution in [0.4, 0.5) is 11.6 Å². The van der Waals surface area contributed by atoms with Gasteiger partial charge in [0.05, 0.1) is 5.56 Å². The molecule has 0 amide bonds. The first-order chi connectivity index (χ1) is 22.2. The van der Waals surface area contributed by atoms with Gasteiger partial charge in [-0.25, -0.2) is 14.3 Å². The highest BCUT2D eigenvalue weighted by Crippen LogP contribution is 2.46. The van der Waals surface area contributed by atoms with Crippen LogP contribution in [0.5, 0.6) is 5.88 Å². The van der Waals surface area contributed by atoms with Gasteiger partial charge < -0.3 is 24.1 Å². The van der Waals surface area contributed by atoms with Crippen molar-refractivity contribution < 1.29 is 43.0 Å². The molecule has 0 aliphatic carbocycles. The van der Waals surface area contributed by atoms with E-state index in [1.54, 1.807) is 83.8 Å². The maximum absolute atomic E-state index is 14.7. The number of fused-ring (bicyclic) bond motifs is 3. The van der Waals surface area contributed by atoms with E-state index in [0.29, 0.717) is 16.9 Å². The summed E-state index contributed by atoms with van der Waals surface area (Å²) >= 11 is 0. The molecule has 0 radical (unpaired) electrons. The Bertz CT molecular complexity index is 1830. The summed E-state index contributed by atoms with van der Waals surface area (Å²) in [5.41, 5.74) is 0.818. The van der Waals surface area contributed by atoms with Gasteiger partial charge in [-0.15, -0.1) is 0 Å². The van der Waals surface area contributed by atoms with Crippen molar-refractivity contribution in [1.29, 1.82) is 0 Å². The molecule has 0 N–H and O–H groups in total. The minimum Gasteiger partial charge on any atom is -0.848 e. The molecule has 2 aliphatic rings. The van der Waals surface area contributed by atoms with Gasteiger partial charge in [0.15, 0.2) is 18.2 Å². The highest BCUT2D eigenvalue weighted by Gasteiger charge is 2.64. The van der Waals surface area contributed by atoms with Crippen LogP contribution < -0.4 is 20.1 Å². The fourth-order valence-electron chi connectivity index (χ4n) is 6.13. The molecule has 46 heavy (non-hydrogen) atoms. The molecule has 6 rings (SSSR count). The van der Waals surface area contributed by atoms with E-state index in [-0.39, 0.29) is 18.1 Å². The molecule has 12 nitrogen and oxygen atoms in total. The van der Waals surface area contributed by atoms with Crippen LogP contribution in [0.15, 0.2) is 95.8 Å². The number of ether oxygens (including phenoxy) is 4. The maximum Gasteiger partial charge on any atom is 0.375 e. The third-order valence-electron chi connectivity index (χ3n) is 7.83. The summed E-state index contributed by atoms with van der Waals surface area (Å²) in [5.74, 6) is -2.42. The number of anilines is 2. The molecule has 0 unspecified atom stereocenters. The van der Waals surface area contributed by atoms with E-state index in [2.05, 4.69) is 0 Å². The van der Waals surface area contributed by atoms with Crippen LogP contribution >= 0.6 is 0 Å². The first kappa shape index (κ1) is 30.5. The summed E-state index contributed by atoms with van der Waals surface area (Å²) in [4.78, 5) is 52.7. The first-order valence-corrected chi connectivity index (χ1v) is 14.7. The van der Waals surface area contributed by atoms with Crippen LogP contribution in [0, 0.1) is 0 Å². The van der Waals surface area contributed by atoms with Gasteiger partial charge in [0.1, 0.15) is 24.1 Å². The van der Waals surface area contributed by atoms with Gasteiger partial charge in [0, 0.05) is 26.7 Å². The zero-order valence-electron chi connectivity index (χ0n) is 25.3. The SMILES string of the molecule is CC(=O)OC[C@@H](OC(C)=O)[C@H]1O[C@H]2[C@@H]([C@H]1OC(C)=O)[n+]1c([O-])c(-c3ccccc3)c(=O)n(-c3ccccc3)c1N2c1ccccc1. The molecule has 12 heteroatoms. The number of carbonyl (C=O) groups excluding carboxylic acids is 3. The van der Waals surface area contributed by atoms with Crippen molar-refractivity contribution in [2.75, 3.05) is 11.5 Å². The first-order valence-electron chi connectivity index (χ1n) is 14.7. The summed E-state index contributed by atoms with van der Waals surface area (Å²) in [7, 11) is 0. The molecule has 2 aliphatic heterocycles. The number of para-hydroxylation sites is 2. The number of aromatic nitrogens is 2. The monoisotopic (exact) mass is 625 g/mol. The Hall–Kier alpha value is -5.49.